The fourth-order valence-corrected chi connectivity index (χ4v) is 1.82. The first-order valence-corrected chi connectivity index (χ1v) is 4.78. The zero-order chi connectivity index (χ0) is 9.97. The number of aryl methyl sites for hydroxylation is 1. The zero-order valence-corrected chi connectivity index (χ0v) is 7.85. The van der Waals surface area contributed by atoms with Crippen LogP contribution < -0.4 is 5.32 Å². The molecule has 1 aliphatic rings. The number of carbonyl (C=O) groups is 1. The topological polar surface area (TPSA) is 29.1 Å². The highest BCUT2D eigenvalue weighted by Crippen LogP contribution is 2.19. The first kappa shape index (κ1) is 9.34. The number of hydrogen-bond donors (Lipinski definition) is 1. The minimum absolute atomic E-state index is 0.265. The van der Waals surface area contributed by atoms with Crippen LogP contribution >= 0.6 is 0 Å². The first-order chi connectivity index (χ1) is 6.81. The van der Waals surface area contributed by atoms with Gasteiger partial charge in [0.1, 0.15) is 12.1 Å². The van der Waals surface area contributed by atoms with Crippen LogP contribution in [0.1, 0.15) is 27.9 Å². The maximum Gasteiger partial charge on any atom is 0.150 e. The predicted octanol–water partition coefficient (Wildman–Crippen LogP) is 1.67. The lowest BCUT2D eigenvalue weighted by Gasteiger charge is -2.07. The van der Waals surface area contributed by atoms with Crippen LogP contribution in [0.2, 0.25) is 0 Å². The summed E-state index contributed by atoms with van der Waals surface area (Å²) in [5, 5.41) is 3.15. The van der Waals surface area contributed by atoms with Gasteiger partial charge in [0, 0.05) is 17.7 Å². The standard InChI is InChI=1S/C11H12FNO/c12-11-5-8(7-14)4-9-2-1-3-13-6-10(9)11/h4-5,7,13H,1-3,6H2. The molecule has 1 aromatic carbocycles. The molecule has 0 fully saturated rings. The monoisotopic (exact) mass is 193 g/mol. The summed E-state index contributed by atoms with van der Waals surface area (Å²) in [5.74, 6) is -0.265. The van der Waals surface area contributed by atoms with Crippen molar-refractivity contribution in [2.24, 2.45) is 0 Å². The van der Waals surface area contributed by atoms with Gasteiger partial charge in [-0.15, -0.1) is 0 Å². The van der Waals surface area contributed by atoms with Crippen LogP contribution in [0.4, 0.5) is 4.39 Å². The van der Waals surface area contributed by atoms with E-state index >= 15 is 0 Å². The van der Waals surface area contributed by atoms with Crippen molar-refractivity contribution in [3.05, 3.63) is 34.6 Å². The van der Waals surface area contributed by atoms with Crippen molar-refractivity contribution in [3.8, 4) is 0 Å². The van der Waals surface area contributed by atoms with Gasteiger partial charge in [0.05, 0.1) is 0 Å². The minimum Gasteiger partial charge on any atom is -0.313 e. The summed E-state index contributed by atoms with van der Waals surface area (Å²) in [6.45, 7) is 1.48. The number of rotatable bonds is 1. The lowest BCUT2D eigenvalue weighted by Crippen LogP contribution is -2.13. The number of carbonyl (C=O) groups excluding carboxylic acids is 1. The van der Waals surface area contributed by atoms with Crippen molar-refractivity contribution < 1.29 is 9.18 Å². The van der Waals surface area contributed by atoms with E-state index in [9.17, 15) is 9.18 Å². The molecule has 0 bridgehead atoms. The molecule has 0 unspecified atom stereocenters. The molecule has 2 rings (SSSR count). The summed E-state index contributed by atoms with van der Waals surface area (Å²) in [6, 6.07) is 3.09. The molecule has 0 aliphatic carbocycles. The number of hydrogen-bond acceptors (Lipinski definition) is 2. The van der Waals surface area contributed by atoms with Crippen LogP contribution in [0.5, 0.6) is 0 Å². The van der Waals surface area contributed by atoms with E-state index in [4.69, 9.17) is 0 Å². The molecule has 1 aromatic rings. The maximum atomic E-state index is 13.5. The molecule has 3 heteroatoms. The number of halogens is 1. The molecule has 0 aromatic heterocycles. The third kappa shape index (κ3) is 1.68. The lowest BCUT2D eigenvalue weighted by atomic mass is 10.0. The van der Waals surface area contributed by atoms with Crippen molar-refractivity contribution in [2.45, 2.75) is 19.4 Å². The van der Waals surface area contributed by atoms with Crippen LogP contribution in [0.15, 0.2) is 12.1 Å². The Kier molecular flexibility index (Phi) is 2.59. The van der Waals surface area contributed by atoms with Crippen molar-refractivity contribution in [1.29, 1.82) is 0 Å². The Hall–Kier alpha value is -1.22. The molecule has 0 saturated carbocycles. The van der Waals surface area contributed by atoms with E-state index in [0.717, 1.165) is 24.9 Å². The fourth-order valence-electron chi connectivity index (χ4n) is 1.82. The van der Waals surface area contributed by atoms with Crippen molar-refractivity contribution in [1.82, 2.24) is 5.32 Å². The van der Waals surface area contributed by atoms with E-state index in [2.05, 4.69) is 5.32 Å². The zero-order valence-electron chi connectivity index (χ0n) is 7.85. The molecule has 0 saturated heterocycles. The Bertz CT molecular complexity index is 363. The van der Waals surface area contributed by atoms with E-state index in [1.54, 1.807) is 6.07 Å². The van der Waals surface area contributed by atoms with Crippen LogP contribution in [0, 0.1) is 5.82 Å². The van der Waals surface area contributed by atoms with Crippen LogP contribution in [0.25, 0.3) is 0 Å². The summed E-state index contributed by atoms with van der Waals surface area (Å²) in [4.78, 5) is 10.5. The second-order valence-electron chi connectivity index (χ2n) is 3.54. The van der Waals surface area contributed by atoms with Gasteiger partial charge in [-0.25, -0.2) is 4.39 Å². The number of aldehydes is 1. The van der Waals surface area contributed by atoms with Crippen molar-refractivity contribution in [2.75, 3.05) is 6.54 Å². The Morgan fingerprint density at radius 3 is 3.07 bits per heavy atom. The average Bonchev–Trinajstić information content (AvgIpc) is 2.42. The SMILES string of the molecule is O=Cc1cc(F)c2c(c1)CCCNC2. The molecule has 14 heavy (non-hydrogen) atoms. The smallest absolute Gasteiger partial charge is 0.150 e. The third-order valence-electron chi connectivity index (χ3n) is 2.55. The average molecular weight is 193 g/mol. The van der Waals surface area contributed by atoms with Gasteiger partial charge in [0.2, 0.25) is 0 Å². The molecule has 74 valence electrons. The quantitative estimate of drug-likeness (QED) is 0.687. The second-order valence-corrected chi connectivity index (χ2v) is 3.54. The third-order valence-corrected chi connectivity index (χ3v) is 2.55. The molecule has 1 N–H and O–H groups in total. The highest BCUT2D eigenvalue weighted by atomic mass is 19.1. The number of fused-ring (bicyclic) bond motifs is 1. The van der Waals surface area contributed by atoms with E-state index in [1.165, 1.54) is 6.07 Å². The molecule has 0 amide bonds. The van der Waals surface area contributed by atoms with Gasteiger partial charge in [0.15, 0.2) is 0 Å². The van der Waals surface area contributed by atoms with Crippen molar-refractivity contribution in [3.63, 3.8) is 0 Å². The molecular weight excluding hydrogens is 181 g/mol. The van der Waals surface area contributed by atoms with Gasteiger partial charge in [-0.2, -0.15) is 0 Å². The van der Waals surface area contributed by atoms with Gasteiger partial charge in [-0.3, -0.25) is 4.79 Å². The summed E-state index contributed by atoms with van der Waals surface area (Å²) in [5.41, 5.74) is 2.12. The molecule has 2 nitrogen and oxygen atoms in total. The summed E-state index contributed by atoms with van der Waals surface area (Å²) in [6.07, 6.45) is 2.54. The van der Waals surface area contributed by atoms with E-state index in [0.29, 0.717) is 24.0 Å². The van der Waals surface area contributed by atoms with Gasteiger partial charge >= 0.3 is 0 Å². The molecule has 0 spiro atoms. The van der Waals surface area contributed by atoms with E-state index in [1.807, 2.05) is 0 Å². The van der Waals surface area contributed by atoms with E-state index in [-0.39, 0.29) is 5.82 Å². The molecule has 0 atom stereocenters. The Balaban J connectivity index is 2.48. The number of benzene rings is 1. The van der Waals surface area contributed by atoms with E-state index < -0.39 is 0 Å². The fraction of sp³-hybridized carbons (Fsp3) is 0.364. The van der Waals surface area contributed by atoms with Crippen molar-refractivity contribution >= 4 is 6.29 Å². The summed E-state index contributed by atoms with van der Waals surface area (Å²) >= 11 is 0. The molecule has 0 radical (unpaired) electrons. The van der Waals surface area contributed by atoms with Gasteiger partial charge < -0.3 is 5.32 Å². The Labute approximate surface area is 82.1 Å². The van der Waals surface area contributed by atoms with Crippen LogP contribution in [-0.2, 0) is 13.0 Å². The van der Waals surface area contributed by atoms with Gasteiger partial charge in [-0.05, 0) is 37.1 Å². The summed E-state index contributed by atoms with van der Waals surface area (Å²) in [7, 11) is 0. The lowest BCUT2D eigenvalue weighted by molar-refractivity contribution is 0.112. The van der Waals surface area contributed by atoms with Gasteiger partial charge in [0.25, 0.3) is 0 Å². The highest BCUT2D eigenvalue weighted by Gasteiger charge is 2.12. The normalized spacial score (nSPS) is 15.8. The van der Waals surface area contributed by atoms with Gasteiger partial charge in [-0.1, -0.05) is 0 Å². The first-order valence-electron chi connectivity index (χ1n) is 4.78. The van der Waals surface area contributed by atoms with Crippen LogP contribution in [-0.4, -0.2) is 12.8 Å². The maximum absolute atomic E-state index is 13.5. The van der Waals surface area contributed by atoms with Crippen LogP contribution in [0.3, 0.4) is 0 Å². The second kappa shape index (κ2) is 3.88. The predicted molar refractivity (Wildman–Crippen MR) is 51.8 cm³/mol. The highest BCUT2D eigenvalue weighted by molar-refractivity contribution is 5.75. The molecular formula is C11H12FNO. The summed E-state index contributed by atoms with van der Waals surface area (Å²) < 4.78 is 13.5. The Morgan fingerprint density at radius 1 is 1.43 bits per heavy atom. The molecule has 1 aliphatic heterocycles. The largest absolute Gasteiger partial charge is 0.313 e. The molecule has 1 heterocycles. The Morgan fingerprint density at radius 2 is 2.29 bits per heavy atom. The number of nitrogens with one attached hydrogen (secondary N) is 1. The minimum atomic E-state index is -0.265.